The molecule has 0 saturated heterocycles. The van der Waals surface area contributed by atoms with Gasteiger partial charge >= 0.3 is 0 Å². The van der Waals surface area contributed by atoms with Crippen LogP contribution in [-0.2, 0) is 0 Å². The molecule has 1 aliphatic heterocycles. The largest absolute Gasteiger partial charge is 0.289 e. The molecule has 34 heavy (non-hydrogen) atoms. The summed E-state index contributed by atoms with van der Waals surface area (Å²) in [6, 6.07) is 22.5. The van der Waals surface area contributed by atoms with Crippen molar-refractivity contribution in [3.63, 3.8) is 0 Å². The summed E-state index contributed by atoms with van der Waals surface area (Å²) in [5.74, 6) is 0. The fraction of sp³-hybridized carbons (Fsp3) is 0.345. The maximum Gasteiger partial charge on any atom is 0.0701 e. The van der Waals surface area contributed by atoms with Gasteiger partial charge in [-0.3, -0.25) is 15.4 Å². The van der Waals surface area contributed by atoms with Gasteiger partial charge in [-0.25, -0.2) is 5.01 Å². The molecule has 0 atom stereocenters. The van der Waals surface area contributed by atoms with E-state index in [1.54, 1.807) is 0 Å². The number of nitrogens with one attached hydrogen (secondary N) is 1. The number of unbranched alkanes of at least 4 members (excludes halogenated alkanes) is 4. The molecule has 3 aromatic rings. The molecule has 2 heterocycles. The lowest BCUT2D eigenvalue weighted by atomic mass is 10.1. The average Bonchev–Trinajstić information content (AvgIpc) is 3.19. The van der Waals surface area contributed by atoms with E-state index in [0.29, 0.717) is 0 Å². The number of aromatic nitrogens is 1. The van der Waals surface area contributed by atoms with Crippen LogP contribution in [-0.4, -0.2) is 34.3 Å². The van der Waals surface area contributed by atoms with Crippen LogP contribution < -0.4 is 5.43 Å². The number of allylic oxidation sites excluding steroid dienone is 2. The zero-order valence-electron chi connectivity index (χ0n) is 21.1. The van der Waals surface area contributed by atoms with Gasteiger partial charge in [0.25, 0.3) is 0 Å². The van der Waals surface area contributed by atoms with E-state index in [2.05, 4.69) is 88.2 Å². The maximum absolute atomic E-state index is 4.18. The Balaban J connectivity index is 0.000000266. The van der Waals surface area contributed by atoms with E-state index in [1.165, 1.54) is 54.4 Å². The van der Waals surface area contributed by atoms with Crippen molar-refractivity contribution in [2.75, 3.05) is 14.1 Å². The van der Waals surface area contributed by atoms with E-state index in [0.717, 1.165) is 11.9 Å². The molecule has 5 nitrogen and oxygen atoms in total. The Labute approximate surface area is 205 Å². The molecule has 180 valence electrons. The van der Waals surface area contributed by atoms with Gasteiger partial charge in [-0.05, 0) is 43.5 Å². The predicted octanol–water partition coefficient (Wildman–Crippen LogP) is 7.00. The summed E-state index contributed by atoms with van der Waals surface area (Å²) in [7, 11) is 4.10. The van der Waals surface area contributed by atoms with Crippen molar-refractivity contribution >= 4 is 17.0 Å². The molecular weight excluding hydrogens is 418 g/mol. The average molecular weight is 458 g/mol. The molecule has 0 aliphatic carbocycles. The minimum Gasteiger partial charge on any atom is -0.289 e. The number of fused-ring (bicyclic) bond motifs is 1. The zero-order chi connectivity index (χ0) is 24.2. The Morgan fingerprint density at radius 2 is 1.59 bits per heavy atom. The number of nitrogens with zero attached hydrogens (tertiary/aromatic N) is 4. The number of rotatable bonds is 9. The molecule has 4 rings (SSSR count). The Morgan fingerprint density at radius 3 is 2.32 bits per heavy atom. The van der Waals surface area contributed by atoms with Crippen molar-refractivity contribution < 1.29 is 0 Å². The Bertz CT molecular complexity index is 993. The van der Waals surface area contributed by atoms with Crippen molar-refractivity contribution in [3.05, 3.63) is 96.1 Å². The lowest BCUT2D eigenvalue weighted by Gasteiger charge is -2.32. The van der Waals surface area contributed by atoms with E-state index in [4.69, 9.17) is 0 Å². The van der Waals surface area contributed by atoms with Crippen molar-refractivity contribution in [2.24, 2.45) is 0 Å². The first kappa shape index (κ1) is 25.5. The number of benzene rings is 2. The molecule has 2 aromatic carbocycles. The highest BCUT2D eigenvalue weighted by Crippen LogP contribution is 2.26. The fourth-order valence-corrected chi connectivity index (χ4v) is 3.94. The molecule has 0 amide bonds. The third-order valence-corrected chi connectivity index (χ3v) is 5.80. The van der Waals surface area contributed by atoms with Gasteiger partial charge in [0, 0.05) is 37.6 Å². The summed E-state index contributed by atoms with van der Waals surface area (Å²) in [5.41, 5.74) is 8.31. The summed E-state index contributed by atoms with van der Waals surface area (Å²) in [6.45, 7) is 4.42. The van der Waals surface area contributed by atoms with Crippen LogP contribution in [0.1, 0.15) is 57.9 Å². The van der Waals surface area contributed by atoms with Crippen LogP contribution >= 0.6 is 0 Å². The second kappa shape index (κ2) is 13.5. The number of hydrogen-bond donors (Lipinski definition) is 1. The van der Waals surface area contributed by atoms with Crippen molar-refractivity contribution in [3.8, 4) is 0 Å². The summed E-state index contributed by atoms with van der Waals surface area (Å²) in [6.07, 6.45) is 13.8. The lowest BCUT2D eigenvalue weighted by molar-refractivity contribution is -0.132. The molecule has 0 unspecified atom stereocenters. The van der Waals surface area contributed by atoms with Crippen LogP contribution in [0, 0.1) is 0 Å². The standard InChI is InChI=1S/C20H32N4.C9H7N/c1-5-6-7-8-12-15-20-18(2)21-24(22(3)4)23(20)17-16-19-13-10-9-11-14-19;1-2-6-9-8(4-1)5-3-7-10-9/h9-11,13-14,16-17,21H,5-8,12,15H2,1-4H3;1-7H. The van der Waals surface area contributed by atoms with Gasteiger partial charge in [0.05, 0.1) is 11.2 Å². The molecule has 0 saturated carbocycles. The third kappa shape index (κ3) is 7.44. The van der Waals surface area contributed by atoms with E-state index in [-0.39, 0.29) is 0 Å². The summed E-state index contributed by atoms with van der Waals surface area (Å²) in [4.78, 5) is 4.18. The van der Waals surface area contributed by atoms with Gasteiger partial charge in [-0.2, -0.15) is 0 Å². The van der Waals surface area contributed by atoms with E-state index in [9.17, 15) is 0 Å². The second-order valence-corrected chi connectivity index (χ2v) is 8.75. The van der Waals surface area contributed by atoms with Gasteiger partial charge < -0.3 is 0 Å². The number of hydrogen-bond acceptors (Lipinski definition) is 5. The highest BCUT2D eigenvalue weighted by molar-refractivity contribution is 5.77. The van der Waals surface area contributed by atoms with Gasteiger partial charge in [-0.15, -0.1) is 0 Å². The van der Waals surface area contributed by atoms with Crippen LogP contribution in [0.3, 0.4) is 0 Å². The minimum atomic E-state index is 1.06. The maximum atomic E-state index is 4.18. The van der Waals surface area contributed by atoms with E-state index in [1.807, 2.05) is 50.6 Å². The molecule has 5 heteroatoms. The third-order valence-electron chi connectivity index (χ3n) is 5.80. The van der Waals surface area contributed by atoms with Crippen LogP contribution in [0.4, 0.5) is 0 Å². The van der Waals surface area contributed by atoms with Gasteiger partial charge in [0.1, 0.15) is 0 Å². The van der Waals surface area contributed by atoms with Crippen LogP contribution in [0.25, 0.3) is 17.0 Å². The summed E-state index contributed by atoms with van der Waals surface area (Å²) >= 11 is 0. The molecule has 1 N–H and O–H groups in total. The van der Waals surface area contributed by atoms with Gasteiger partial charge in [-0.1, -0.05) is 92.4 Å². The fourth-order valence-electron chi connectivity index (χ4n) is 3.94. The summed E-state index contributed by atoms with van der Waals surface area (Å²) in [5, 5.41) is 7.53. The molecule has 0 bridgehead atoms. The SMILES string of the molecule is CCCCCCCC1=C(C)NN(N(C)C)N1C=Cc1ccccc1.c1ccc2ncccc2c1. The Hall–Kier alpha value is -3.15. The van der Waals surface area contributed by atoms with Crippen LogP contribution in [0.5, 0.6) is 0 Å². The first-order valence-electron chi connectivity index (χ1n) is 12.4. The first-order chi connectivity index (χ1) is 16.6. The summed E-state index contributed by atoms with van der Waals surface area (Å²) < 4.78 is 0. The van der Waals surface area contributed by atoms with Crippen molar-refractivity contribution in [1.29, 1.82) is 0 Å². The zero-order valence-corrected chi connectivity index (χ0v) is 21.1. The van der Waals surface area contributed by atoms with Crippen LogP contribution in [0.2, 0.25) is 0 Å². The molecule has 0 spiro atoms. The minimum absolute atomic E-state index is 1.06. The second-order valence-electron chi connectivity index (χ2n) is 8.75. The molecule has 0 fully saturated rings. The van der Waals surface area contributed by atoms with E-state index < -0.39 is 0 Å². The lowest BCUT2D eigenvalue weighted by Crippen LogP contribution is -2.49. The van der Waals surface area contributed by atoms with Crippen LogP contribution in [0.15, 0.2) is 90.5 Å². The highest BCUT2D eigenvalue weighted by Gasteiger charge is 2.27. The first-order valence-corrected chi connectivity index (χ1v) is 12.4. The smallest absolute Gasteiger partial charge is 0.0701 e. The van der Waals surface area contributed by atoms with Crippen molar-refractivity contribution in [1.82, 2.24) is 25.7 Å². The Kier molecular flexibility index (Phi) is 10.1. The number of para-hydroxylation sites is 1. The number of pyridine rings is 1. The Morgan fingerprint density at radius 1 is 0.882 bits per heavy atom. The van der Waals surface area contributed by atoms with Crippen molar-refractivity contribution in [2.45, 2.75) is 52.4 Å². The number of hydrazine groups is 3. The molecule has 1 aromatic heterocycles. The normalized spacial score (nSPS) is 14.1. The quantitative estimate of drug-likeness (QED) is 0.350. The molecule has 0 radical (unpaired) electrons. The molecular formula is C29H39N5. The van der Waals surface area contributed by atoms with E-state index >= 15 is 0 Å². The highest BCUT2D eigenvalue weighted by atomic mass is 16.0. The monoisotopic (exact) mass is 457 g/mol. The van der Waals surface area contributed by atoms with Gasteiger partial charge in [0.15, 0.2) is 0 Å². The molecule has 1 aliphatic rings. The topological polar surface area (TPSA) is 34.6 Å². The van der Waals surface area contributed by atoms with Gasteiger partial charge in [0.2, 0.25) is 0 Å². The predicted molar refractivity (Wildman–Crippen MR) is 144 cm³/mol.